The van der Waals surface area contributed by atoms with Crippen LogP contribution in [0.4, 0.5) is 28.4 Å². The zero-order chi connectivity index (χ0) is 36.3. The first kappa shape index (κ1) is 32.6. The van der Waals surface area contributed by atoms with Crippen LogP contribution in [0.5, 0.6) is 0 Å². The van der Waals surface area contributed by atoms with Gasteiger partial charge in [0.25, 0.3) is 6.71 Å². The molecule has 2 atom stereocenters. The summed E-state index contributed by atoms with van der Waals surface area (Å²) in [7, 11) is 0. The maximum Gasteiger partial charge on any atom is 0.252 e. The van der Waals surface area contributed by atoms with Crippen LogP contribution < -0.4 is 26.2 Å². The molecule has 1 fully saturated rings. The summed E-state index contributed by atoms with van der Waals surface area (Å²) in [5, 5.41) is 2.72. The number of hydrogen-bond donors (Lipinski definition) is 0. The molecule has 4 aliphatic rings. The molecule has 1 aromatic heterocycles. The van der Waals surface area contributed by atoms with Gasteiger partial charge < -0.3 is 9.80 Å². The van der Waals surface area contributed by atoms with E-state index in [-0.39, 0.29) is 28.5 Å². The molecular formula is C48H51BN2S. The molecule has 3 aliphatic heterocycles. The van der Waals surface area contributed by atoms with Crippen molar-refractivity contribution in [3.63, 3.8) is 0 Å². The predicted octanol–water partition coefficient (Wildman–Crippen LogP) is 11.6. The van der Waals surface area contributed by atoms with Gasteiger partial charge in [0.1, 0.15) is 0 Å². The zero-order valence-corrected chi connectivity index (χ0v) is 33.5. The monoisotopic (exact) mass is 698 g/mol. The van der Waals surface area contributed by atoms with Gasteiger partial charge in [-0.05, 0) is 113 Å². The number of rotatable bonds is 1. The minimum atomic E-state index is 0.0101. The molecule has 4 heterocycles. The second-order valence-electron chi connectivity index (χ2n) is 19.1. The number of thiophene rings is 1. The van der Waals surface area contributed by atoms with Crippen LogP contribution in [-0.2, 0) is 16.2 Å². The standard InChI is InChI=1S/C48H51BN2S/c1-28-23-38-41-39(24-28)51-42-34(47(9)21-13-14-22-48(47,51)10)26-31(46(6,7)8)27-36(42)49(41)35-19-18-33-32-15-11-12-16-40(32)52-44(33)43(35)50(38)37-20-17-30(25-29(37)2)45(3,4)5/h11-12,15-20,23-27H,13-14,21-22H2,1-10H3. The first-order valence-electron chi connectivity index (χ1n) is 19.6. The Hall–Kier alpha value is -4.02. The minimum absolute atomic E-state index is 0.0101. The smallest absolute Gasteiger partial charge is 0.252 e. The number of hydrogen-bond acceptors (Lipinski definition) is 3. The van der Waals surface area contributed by atoms with E-state index < -0.39 is 0 Å². The summed E-state index contributed by atoms with van der Waals surface area (Å²) < 4.78 is 2.75. The fourth-order valence-electron chi connectivity index (χ4n) is 10.8. The normalized spacial score (nSPS) is 21.8. The highest BCUT2D eigenvalue weighted by atomic mass is 32.1. The van der Waals surface area contributed by atoms with Gasteiger partial charge in [-0.15, -0.1) is 11.3 Å². The van der Waals surface area contributed by atoms with Gasteiger partial charge in [-0.25, -0.2) is 0 Å². The van der Waals surface area contributed by atoms with Crippen molar-refractivity contribution in [1.82, 2.24) is 0 Å². The van der Waals surface area contributed by atoms with E-state index in [0.717, 1.165) is 0 Å². The van der Waals surface area contributed by atoms with E-state index in [0.29, 0.717) is 0 Å². The van der Waals surface area contributed by atoms with Crippen molar-refractivity contribution in [2.45, 2.75) is 117 Å². The van der Waals surface area contributed by atoms with Crippen LogP contribution >= 0.6 is 11.3 Å². The molecule has 6 aromatic rings. The molecule has 2 nitrogen and oxygen atoms in total. The summed E-state index contributed by atoms with van der Waals surface area (Å²) in [6, 6.07) is 31.5. The van der Waals surface area contributed by atoms with Gasteiger partial charge >= 0.3 is 0 Å². The van der Waals surface area contributed by atoms with Crippen LogP contribution in [-0.4, -0.2) is 12.3 Å². The van der Waals surface area contributed by atoms with E-state index >= 15 is 0 Å². The minimum Gasteiger partial charge on any atom is -0.335 e. The SMILES string of the molecule is Cc1cc2c3c(c1)N1c4c(cc(C(C)(C)C)cc4C4(C)CCCCC14C)B3c1ccc3c(sc4ccccc43)c1N2c1ccc(C(C)(C)C)cc1C. The van der Waals surface area contributed by atoms with Crippen molar-refractivity contribution >= 4 is 83.0 Å². The average molecular weight is 699 g/mol. The van der Waals surface area contributed by atoms with Crippen molar-refractivity contribution in [1.29, 1.82) is 0 Å². The Morgan fingerprint density at radius 2 is 1.40 bits per heavy atom. The molecule has 0 bridgehead atoms. The van der Waals surface area contributed by atoms with Crippen molar-refractivity contribution in [3.8, 4) is 0 Å². The van der Waals surface area contributed by atoms with Gasteiger partial charge in [0.15, 0.2) is 0 Å². The lowest BCUT2D eigenvalue weighted by molar-refractivity contribution is 0.195. The van der Waals surface area contributed by atoms with Crippen molar-refractivity contribution in [2.75, 3.05) is 9.80 Å². The van der Waals surface area contributed by atoms with Crippen molar-refractivity contribution in [3.05, 3.63) is 107 Å². The molecule has 5 aromatic carbocycles. The molecule has 1 saturated carbocycles. The van der Waals surface area contributed by atoms with Gasteiger partial charge in [-0.2, -0.15) is 0 Å². The first-order chi connectivity index (χ1) is 24.6. The van der Waals surface area contributed by atoms with Crippen LogP contribution in [0.1, 0.15) is 109 Å². The van der Waals surface area contributed by atoms with Crippen LogP contribution in [0.15, 0.2) is 78.9 Å². The van der Waals surface area contributed by atoms with E-state index in [1.807, 2.05) is 11.3 Å². The third-order valence-electron chi connectivity index (χ3n) is 13.8. The summed E-state index contributed by atoms with van der Waals surface area (Å²) in [6.45, 7) is 24.2. The first-order valence-corrected chi connectivity index (χ1v) is 20.4. The van der Waals surface area contributed by atoms with Crippen LogP contribution in [0, 0.1) is 13.8 Å². The van der Waals surface area contributed by atoms with E-state index in [1.54, 1.807) is 5.56 Å². The molecule has 262 valence electrons. The number of anilines is 5. The van der Waals surface area contributed by atoms with E-state index in [4.69, 9.17) is 0 Å². The molecule has 10 rings (SSSR count). The average Bonchev–Trinajstić information content (AvgIpc) is 3.56. The Bertz CT molecular complexity index is 2530. The lowest BCUT2D eigenvalue weighted by Gasteiger charge is -2.53. The molecule has 0 N–H and O–H groups in total. The Kier molecular flexibility index (Phi) is 6.49. The Morgan fingerprint density at radius 1 is 0.673 bits per heavy atom. The summed E-state index contributed by atoms with van der Waals surface area (Å²) in [4.78, 5) is 5.57. The lowest BCUT2D eigenvalue weighted by Crippen LogP contribution is -2.64. The molecule has 0 saturated heterocycles. The third-order valence-corrected chi connectivity index (χ3v) is 15.0. The summed E-state index contributed by atoms with van der Waals surface area (Å²) >= 11 is 1.97. The third kappa shape index (κ3) is 4.08. The molecule has 0 radical (unpaired) electrons. The number of nitrogens with zero attached hydrogens (tertiary/aromatic N) is 2. The second kappa shape index (κ2) is 10.3. The maximum absolute atomic E-state index is 2.88. The summed E-state index contributed by atoms with van der Waals surface area (Å²) in [5.41, 5.74) is 18.7. The van der Waals surface area contributed by atoms with E-state index in [2.05, 4.69) is 158 Å². The van der Waals surface area contributed by atoms with Gasteiger partial charge in [0.2, 0.25) is 0 Å². The highest BCUT2D eigenvalue weighted by Crippen LogP contribution is 2.62. The largest absolute Gasteiger partial charge is 0.335 e. The fraction of sp³-hybridized carbons (Fsp3) is 0.375. The Balaban J connectivity index is 1.37. The topological polar surface area (TPSA) is 6.48 Å². The lowest BCUT2D eigenvalue weighted by atomic mass is 9.33. The maximum atomic E-state index is 2.88. The molecule has 0 amide bonds. The van der Waals surface area contributed by atoms with Crippen LogP contribution in [0.3, 0.4) is 0 Å². The number of fused-ring (bicyclic) bond motifs is 11. The highest BCUT2D eigenvalue weighted by molar-refractivity contribution is 7.26. The summed E-state index contributed by atoms with van der Waals surface area (Å²) in [6.07, 6.45) is 5.04. The van der Waals surface area contributed by atoms with Gasteiger partial charge in [-0.1, -0.05) is 116 Å². The van der Waals surface area contributed by atoms with Crippen molar-refractivity contribution < 1.29 is 0 Å². The Labute approximate surface area is 314 Å². The van der Waals surface area contributed by atoms with Gasteiger partial charge in [-0.3, -0.25) is 0 Å². The molecule has 4 heteroatoms. The van der Waals surface area contributed by atoms with Crippen LogP contribution in [0.25, 0.3) is 20.2 Å². The molecule has 1 aliphatic carbocycles. The Morgan fingerprint density at radius 3 is 2.15 bits per heavy atom. The van der Waals surface area contributed by atoms with Crippen molar-refractivity contribution in [2.24, 2.45) is 0 Å². The van der Waals surface area contributed by atoms with E-state index in [1.165, 1.54) is 113 Å². The molecular weight excluding hydrogens is 647 g/mol. The van der Waals surface area contributed by atoms with Crippen LogP contribution in [0.2, 0.25) is 0 Å². The summed E-state index contributed by atoms with van der Waals surface area (Å²) in [5.74, 6) is 0. The number of benzene rings is 5. The van der Waals surface area contributed by atoms with Gasteiger partial charge in [0.05, 0.1) is 15.9 Å². The second-order valence-corrected chi connectivity index (χ2v) is 20.1. The van der Waals surface area contributed by atoms with E-state index in [9.17, 15) is 0 Å². The predicted molar refractivity (Wildman–Crippen MR) is 228 cm³/mol. The van der Waals surface area contributed by atoms with Gasteiger partial charge in [0, 0.05) is 43.6 Å². The highest BCUT2D eigenvalue weighted by Gasteiger charge is 2.61. The number of aryl methyl sites for hydroxylation is 2. The molecule has 0 spiro atoms. The quantitative estimate of drug-likeness (QED) is 0.158. The fourth-order valence-corrected chi connectivity index (χ4v) is 12.0. The molecule has 2 unspecified atom stereocenters. The molecule has 52 heavy (non-hydrogen) atoms. The zero-order valence-electron chi connectivity index (χ0n) is 32.7.